The van der Waals surface area contributed by atoms with Crippen molar-refractivity contribution in [3.8, 4) is 0 Å². The summed E-state index contributed by atoms with van der Waals surface area (Å²) in [4.78, 5) is 2.61. The molecule has 24 heavy (non-hydrogen) atoms. The van der Waals surface area contributed by atoms with Gasteiger partial charge < -0.3 is 4.90 Å². The van der Waals surface area contributed by atoms with Gasteiger partial charge in [0, 0.05) is 36.3 Å². The second kappa shape index (κ2) is 6.86. The zero-order valence-corrected chi connectivity index (χ0v) is 16.3. The first-order valence-corrected chi connectivity index (χ1v) is 10.2. The third-order valence-electron chi connectivity index (χ3n) is 4.37. The SMILES string of the molecule is Cc1ccc(N2CCN(S(=O)(=O)c3cccc(Br)c3)CC2)c(C)c1. The number of aryl methyl sites for hydroxylation is 2. The quantitative estimate of drug-likeness (QED) is 0.778. The Morgan fingerprint density at radius 2 is 1.67 bits per heavy atom. The Balaban J connectivity index is 1.75. The Kier molecular flexibility index (Phi) is 4.99. The van der Waals surface area contributed by atoms with Gasteiger partial charge in [-0.15, -0.1) is 0 Å². The van der Waals surface area contributed by atoms with Gasteiger partial charge in [0.2, 0.25) is 10.0 Å². The van der Waals surface area contributed by atoms with Gasteiger partial charge >= 0.3 is 0 Å². The van der Waals surface area contributed by atoms with Crippen LogP contribution in [-0.2, 0) is 10.0 Å². The molecule has 0 unspecified atom stereocenters. The topological polar surface area (TPSA) is 40.6 Å². The van der Waals surface area contributed by atoms with Crippen LogP contribution >= 0.6 is 15.9 Å². The summed E-state index contributed by atoms with van der Waals surface area (Å²) < 4.78 is 27.9. The van der Waals surface area contributed by atoms with Gasteiger partial charge in [-0.05, 0) is 43.7 Å². The van der Waals surface area contributed by atoms with Gasteiger partial charge in [-0.25, -0.2) is 8.42 Å². The molecule has 3 rings (SSSR count). The normalized spacial score (nSPS) is 16.4. The van der Waals surface area contributed by atoms with Gasteiger partial charge in [0.1, 0.15) is 0 Å². The average Bonchev–Trinajstić information content (AvgIpc) is 2.55. The van der Waals surface area contributed by atoms with Crippen molar-refractivity contribution in [2.75, 3.05) is 31.1 Å². The van der Waals surface area contributed by atoms with E-state index in [2.05, 4.69) is 52.9 Å². The van der Waals surface area contributed by atoms with Crippen LogP contribution < -0.4 is 4.90 Å². The first-order chi connectivity index (χ1) is 11.4. The standard InChI is InChI=1S/C18H21BrN2O2S/c1-14-6-7-18(15(2)12-14)20-8-10-21(11-9-20)24(22,23)17-5-3-4-16(19)13-17/h3-7,12-13H,8-11H2,1-2H3. The second-order valence-corrected chi connectivity index (χ2v) is 8.99. The smallest absolute Gasteiger partial charge is 0.243 e. The van der Waals surface area contributed by atoms with E-state index in [0.29, 0.717) is 31.1 Å². The van der Waals surface area contributed by atoms with Gasteiger partial charge in [-0.2, -0.15) is 4.31 Å². The minimum absolute atomic E-state index is 0.344. The van der Waals surface area contributed by atoms with Crippen LogP contribution in [0.4, 0.5) is 5.69 Å². The highest BCUT2D eigenvalue weighted by Crippen LogP contribution is 2.25. The summed E-state index contributed by atoms with van der Waals surface area (Å²) in [5.41, 5.74) is 3.67. The lowest BCUT2D eigenvalue weighted by molar-refractivity contribution is 0.384. The summed E-state index contributed by atoms with van der Waals surface area (Å²) in [5.74, 6) is 0. The first kappa shape index (κ1) is 17.5. The minimum atomic E-state index is -3.43. The van der Waals surface area contributed by atoms with Crippen LogP contribution in [0.15, 0.2) is 51.8 Å². The number of benzene rings is 2. The van der Waals surface area contributed by atoms with Crippen molar-refractivity contribution >= 4 is 31.6 Å². The fraction of sp³-hybridized carbons (Fsp3) is 0.333. The van der Waals surface area contributed by atoms with Gasteiger partial charge in [-0.3, -0.25) is 0 Å². The number of rotatable bonds is 3. The summed E-state index contributed by atoms with van der Waals surface area (Å²) in [6.07, 6.45) is 0. The van der Waals surface area contributed by atoms with Crippen LogP contribution in [0.2, 0.25) is 0 Å². The molecule has 0 radical (unpaired) electrons. The van der Waals surface area contributed by atoms with Crippen LogP contribution in [0, 0.1) is 13.8 Å². The van der Waals surface area contributed by atoms with Crippen LogP contribution in [0.5, 0.6) is 0 Å². The monoisotopic (exact) mass is 408 g/mol. The first-order valence-electron chi connectivity index (χ1n) is 7.96. The van der Waals surface area contributed by atoms with E-state index in [1.807, 2.05) is 6.07 Å². The molecule has 0 bridgehead atoms. The third kappa shape index (κ3) is 3.50. The van der Waals surface area contributed by atoms with Gasteiger partial charge in [-0.1, -0.05) is 39.7 Å². The second-order valence-electron chi connectivity index (χ2n) is 6.14. The zero-order valence-electron chi connectivity index (χ0n) is 13.9. The molecule has 4 nitrogen and oxygen atoms in total. The molecule has 2 aromatic carbocycles. The minimum Gasteiger partial charge on any atom is -0.369 e. The summed E-state index contributed by atoms with van der Waals surface area (Å²) in [7, 11) is -3.43. The number of anilines is 1. The van der Waals surface area contributed by atoms with E-state index in [4.69, 9.17) is 0 Å². The number of nitrogens with zero attached hydrogens (tertiary/aromatic N) is 2. The maximum atomic E-state index is 12.8. The highest BCUT2D eigenvalue weighted by atomic mass is 79.9. The Labute approximate surface area is 152 Å². The van der Waals surface area contributed by atoms with Crippen LogP contribution in [0.25, 0.3) is 0 Å². The van der Waals surface area contributed by atoms with Crippen LogP contribution in [0.3, 0.4) is 0 Å². The molecule has 1 aliphatic heterocycles. The Morgan fingerprint density at radius 1 is 0.958 bits per heavy atom. The molecular formula is C18H21BrN2O2S. The van der Waals surface area contributed by atoms with Crippen molar-refractivity contribution in [1.29, 1.82) is 0 Å². The average molecular weight is 409 g/mol. The van der Waals surface area contributed by atoms with E-state index in [-0.39, 0.29) is 0 Å². The van der Waals surface area contributed by atoms with Gasteiger partial charge in [0.05, 0.1) is 4.90 Å². The summed E-state index contributed by atoms with van der Waals surface area (Å²) >= 11 is 3.34. The summed E-state index contributed by atoms with van der Waals surface area (Å²) in [6, 6.07) is 13.3. The Morgan fingerprint density at radius 3 is 2.29 bits per heavy atom. The van der Waals surface area contributed by atoms with Crippen LogP contribution in [-0.4, -0.2) is 38.9 Å². The molecule has 0 aromatic heterocycles. The van der Waals surface area contributed by atoms with E-state index < -0.39 is 10.0 Å². The highest BCUT2D eigenvalue weighted by molar-refractivity contribution is 9.10. The lowest BCUT2D eigenvalue weighted by atomic mass is 10.1. The van der Waals surface area contributed by atoms with Crippen molar-refractivity contribution in [2.24, 2.45) is 0 Å². The van der Waals surface area contributed by atoms with Crippen molar-refractivity contribution < 1.29 is 8.42 Å². The van der Waals surface area contributed by atoms with E-state index in [0.717, 1.165) is 4.47 Å². The van der Waals surface area contributed by atoms with Gasteiger partial charge in [0.15, 0.2) is 0 Å². The number of sulfonamides is 1. The number of piperazine rings is 1. The maximum Gasteiger partial charge on any atom is 0.243 e. The van der Waals surface area contributed by atoms with Gasteiger partial charge in [0.25, 0.3) is 0 Å². The molecule has 0 atom stereocenters. The Hall–Kier alpha value is -1.37. The van der Waals surface area contributed by atoms with Crippen molar-refractivity contribution in [1.82, 2.24) is 4.31 Å². The zero-order chi connectivity index (χ0) is 17.3. The third-order valence-corrected chi connectivity index (χ3v) is 6.75. The molecule has 0 saturated carbocycles. The maximum absolute atomic E-state index is 12.8. The fourth-order valence-electron chi connectivity index (χ4n) is 3.11. The molecule has 0 spiro atoms. The van der Waals surface area contributed by atoms with Crippen molar-refractivity contribution in [3.63, 3.8) is 0 Å². The molecule has 1 fully saturated rings. The van der Waals surface area contributed by atoms with E-state index >= 15 is 0 Å². The molecule has 0 amide bonds. The lowest BCUT2D eigenvalue weighted by Crippen LogP contribution is -2.48. The molecule has 1 heterocycles. The molecule has 6 heteroatoms. The molecule has 1 saturated heterocycles. The molecule has 1 aliphatic rings. The number of hydrogen-bond acceptors (Lipinski definition) is 3. The largest absolute Gasteiger partial charge is 0.369 e. The molecule has 2 aromatic rings. The Bertz CT molecular complexity index is 844. The fourth-order valence-corrected chi connectivity index (χ4v) is 5.13. The van der Waals surface area contributed by atoms with Crippen LogP contribution in [0.1, 0.15) is 11.1 Å². The van der Waals surface area contributed by atoms with E-state index in [1.54, 1.807) is 22.5 Å². The molecule has 0 aliphatic carbocycles. The predicted molar refractivity (Wildman–Crippen MR) is 101 cm³/mol. The predicted octanol–water partition coefficient (Wildman–Crippen LogP) is 3.58. The van der Waals surface area contributed by atoms with E-state index in [9.17, 15) is 8.42 Å². The molecule has 128 valence electrons. The summed E-state index contributed by atoms with van der Waals surface area (Å²) in [6.45, 7) is 6.60. The molecule has 0 N–H and O–H groups in total. The van der Waals surface area contributed by atoms with Crippen molar-refractivity contribution in [3.05, 3.63) is 58.1 Å². The molecular weight excluding hydrogens is 388 g/mol. The highest BCUT2D eigenvalue weighted by Gasteiger charge is 2.29. The summed E-state index contributed by atoms with van der Waals surface area (Å²) in [5, 5.41) is 0. The number of halogens is 1. The lowest BCUT2D eigenvalue weighted by Gasteiger charge is -2.36. The van der Waals surface area contributed by atoms with E-state index in [1.165, 1.54) is 16.8 Å². The van der Waals surface area contributed by atoms with Crippen molar-refractivity contribution in [2.45, 2.75) is 18.7 Å². The number of hydrogen-bond donors (Lipinski definition) is 0.